The van der Waals surface area contributed by atoms with Gasteiger partial charge in [0.05, 0.1) is 6.10 Å². The molecule has 0 heterocycles. The van der Waals surface area contributed by atoms with Crippen LogP contribution in [0.1, 0.15) is 19.3 Å². The van der Waals surface area contributed by atoms with E-state index in [-0.39, 0.29) is 6.10 Å². The Bertz CT molecular complexity index is 174. The molecule has 0 amide bonds. The number of hydrogen-bond acceptors (Lipinski definition) is 2. The third kappa shape index (κ3) is 1.58. The highest BCUT2D eigenvalue weighted by Crippen LogP contribution is 2.26. The fourth-order valence-corrected chi connectivity index (χ4v) is 1.26. The lowest BCUT2D eigenvalue weighted by molar-refractivity contribution is -0.105. The lowest BCUT2D eigenvalue weighted by Gasteiger charge is -2.16. The van der Waals surface area contributed by atoms with Gasteiger partial charge in [-0.2, -0.15) is 0 Å². The van der Waals surface area contributed by atoms with Crippen LogP contribution in [0.3, 0.4) is 0 Å². The maximum atomic E-state index is 10.3. The van der Waals surface area contributed by atoms with E-state index in [2.05, 4.69) is 0 Å². The molecule has 0 fully saturated rings. The van der Waals surface area contributed by atoms with Gasteiger partial charge in [0.15, 0.2) is 0 Å². The van der Waals surface area contributed by atoms with Crippen LogP contribution in [0.25, 0.3) is 0 Å². The molecule has 56 valence electrons. The molecule has 0 aromatic heterocycles. The van der Waals surface area contributed by atoms with E-state index in [0.717, 1.165) is 6.29 Å². The van der Waals surface area contributed by atoms with Crippen LogP contribution in [-0.4, -0.2) is 17.5 Å². The van der Waals surface area contributed by atoms with E-state index in [9.17, 15) is 4.79 Å². The maximum Gasteiger partial charge on any atom is 0.147 e. The average molecular weight is 161 g/mol. The second-order valence-electron chi connectivity index (χ2n) is 2.44. The second-order valence-corrected chi connectivity index (χ2v) is 2.90. The monoisotopic (exact) mass is 160 g/mol. The fraction of sp³-hybridized carbons (Fsp3) is 0.571. The highest BCUT2D eigenvalue weighted by atomic mass is 35.5. The third-order valence-electron chi connectivity index (χ3n) is 1.64. The molecule has 1 rings (SSSR count). The van der Waals surface area contributed by atoms with E-state index < -0.39 is 0 Å². The highest BCUT2D eigenvalue weighted by Gasteiger charge is 2.16. The molecule has 3 heteroatoms. The van der Waals surface area contributed by atoms with Gasteiger partial charge >= 0.3 is 0 Å². The van der Waals surface area contributed by atoms with Gasteiger partial charge in [-0.15, -0.1) is 0 Å². The molecule has 0 bridgehead atoms. The third-order valence-corrected chi connectivity index (χ3v) is 2.08. The van der Waals surface area contributed by atoms with Crippen LogP contribution in [0.5, 0.6) is 0 Å². The number of rotatable bonds is 1. The first kappa shape index (κ1) is 7.76. The van der Waals surface area contributed by atoms with Crippen LogP contribution in [0.2, 0.25) is 0 Å². The molecule has 0 saturated carbocycles. The van der Waals surface area contributed by atoms with Gasteiger partial charge in [0.25, 0.3) is 0 Å². The topological polar surface area (TPSA) is 37.3 Å². The molecule has 0 spiro atoms. The smallest absolute Gasteiger partial charge is 0.147 e. The Morgan fingerprint density at radius 1 is 1.70 bits per heavy atom. The Labute approximate surface area is 64.5 Å². The predicted molar refractivity (Wildman–Crippen MR) is 38.8 cm³/mol. The molecule has 1 N–H and O–H groups in total. The van der Waals surface area contributed by atoms with Crippen molar-refractivity contribution in [3.05, 3.63) is 10.6 Å². The summed E-state index contributed by atoms with van der Waals surface area (Å²) < 4.78 is 0. The molecule has 1 atom stereocenters. The number of aldehydes is 1. The van der Waals surface area contributed by atoms with E-state index in [1.807, 2.05) is 0 Å². The Morgan fingerprint density at radius 3 is 2.90 bits per heavy atom. The summed E-state index contributed by atoms with van der Waals surface area (Å²) in [5, 5.41) is 9.69. The van der Waals surface area contributed by atoms with Crippen molar-refractivity contribution in [3.63, 3.8) is 0 Å². The molecule has 1 aliphatic carbocycles. The zero-order chi connectivity index (χ0) is 7.56. The van der Waals surface area contributed by atoms with Gasteiger partial charge in [0, 0.05) is 17.0 Å². The molecular formula is C7H9ClO2. The number of aliphatic hydroxyl groups excluding tert-OH is 1. The summed E-state index contributed by atoms with van der Waals surface area (Å²) >= 11 is 5.69. The first-order chi connectivity index (χ1) is 4.74. The van der Waals surface area contributed by atoms with Crippen LogP contribution in [-0.2, 0) is 4.79 Å². The Hall–Kier alpha value is -0.340. The van der Waals surface area contributed by atoms with Crippen LogP contribution in [0.4, 0.5) is 0 Å². The van der Waals surface area contributed by atoms with Crippen molar-refractivity contribution in [1.82, 2.24) is 0 Å². The van der Waals surface area contributed by atoms with Crippen molar-refractivity contribution < 1.29 is 9.90 Å². The Morgan fingerprint density at radius 2 is 2.40 bits per heavy atom. The standard InChI is InChI=1S/C7H9ClO2/c8-7-2-1-6(10)3-5(7)4-9/h4,6,10H,1-3H2/t6-/m1/s1. The van der Waals surface area contributed by atoms with Crippen molar-refractivity contribution in [2.45, 2.75) is 25.4 Å². The van der Waals surface area contributed by atoms with Gasteiger partial charge in [-0.1, -0.05) is 11.6 Å². The predicted octanol–water partition coefficient (Wildman–Crippen LogP) is 1.22. The Kier molecular flexibility index (Phi) is 2.46. The number of aliphatic hydroxyl groups is 1. The minimum Gasteiger partial charge on any atom is -0.393 e. The average Bonchev–Trinajstić information content (AvgIpc) is 1.94. The summed E-state index contributed by atoms with van der Waals surface area (Å²) in [6.07, 6.45) is 2.09. The van der Waals surface area contributed by atoms with Crippen molar-refractivity contribution in [2.24, 2.45) is 0 Å². The molecule has 2 nitrogen and oxygen atoms in total. The minimum absolute atomic E-state index is 0.373. The number of halogens is 1. The minimum atomic E-state index is -0.373. The molecule has 0 aromatic rings. The molecule has 0 radical (unpaired) electrons. The number of carbonyl (C=O) groups is 1. The maximum absolute atomic E-state index is 10.3. The van der Waals surface area contributed by atoms with Crippen molar-refractivity contribution in [2.75, 3.05) is 0 Å². The summed E-state index contributed by atoms with van der Waals surface area (Å²) in [7, 11) is 0. The summed E-state index contributed by atoms with van der Waals surface area (Å²) in [6, 6.07) is 0. The lowest BCUT2D eigenvalue weighted by atomic mass is 9.98. The summed E-state index contributed by atoms with van der Waals surface area (Å²) in [4.78, 5) is 10.3. The van der Waals surface area contributed by atoms with Gasteiger partial charge < -0.3 is 5.11 Å². The van der Waals surface area contributed by atoms with E-state index in [1.54, 1.807) is 0 Å². The highest BCUT2D eigenvalue weighted by molar-refractivity contribution is 6.31. The molecular weight excluding hydrogens is 152 g/mol. The normalized spacial score (nSPS) is 26.8. The van der Waals surface area contributed by atoms with Crippen molar-refractivity contribution in [3.8, 4) is 0 Å². The SMILES string of the molecule is O=CC1=C(Cl)CC[C@@H](O)C1. The van der Waals surface area contributed by atoms with Gasteiger partial charge in [-0.25, -0.2) is 0 Å². The van der Waals surface area contributed by atoms with Crippen molar-refractivity contribution in [1.29, 1.82) is 0 Å². The second kappa shape index (κ2) is 3.17. The molecule has 10 heavy (non-hydrogen) atoms. The fourth-order valence-electron chi connectivity index (χ4n) is 1.03. The summed E-state index contributed by atoms with van der Waals surface area (Å²) in [5.41, 5.74) is 0.556. The van der Waals surface area contributed by atoms with Crippen LogP contribution in [0, 0.1) is 0 Å². The number of carbonyl (C=O) groups excluding carboxylic acids is 1. The van der Waals surface area contributed by atoms with E-state index in [0.29, 0.717) is 29.9 Å². The van der Waals surface area contributed by atoms with Crippen LogP contribution < -0.4 is 0 Å². The van der Waals surface area contributed by atoms with Gasteiger partial charge in [0.2, 0.25) is 0 Å². The van der Waals surface area contributed by atoms with E-state index >= 15 is 0 Å². The largest absolute Gasteiger partial charge is 0.393 e. The lowest BCUT2D eigenvalue weighted by Crippen LogP contribution is -2.13. The molecule has 0 unspecified atom stereocenters. The van der Waals surface area contributed by atoms with Crippen LogP contribution in [0.15, 0.2) is 10.6 Å². The zero-order valence-corrected chi connectivity index (χ0v) is 6.27. The van der Waals surface area contributed by atoms with E-state index in [4.69, 9.17) is 16.7 Å². The van der Waals surface area contributed by atoms with Crippen molar-refractivity contribution >= 4 is 17.9 Å². The Balaban J connectivity index is 2.71. The zero-order valence-electron chi connectivity index (χ0n) is 5.51. The van der Waals surface area contributed by atoms with Gasteiger partial charge in [0.1, 0.15) is 6.29 Å². The summed E-state index contributed by atoms with van der Waals surface area (Å²) in [6.45, 7) is 0. The quantitative estimate of drug-likeness (QED) is 0.586. The summed E-state index contributed by atoms with van der Waals surface area (Å²) in [5.74, 6) is 0. The molecule has 1 aliphatic rings. The van der Waals surface area contributed by atoms with Gasteiger partial charge in [-0.05, 0) is 12.8 Å². The molecule has 0 saturated heterocycles. The number of allylic oxidation sites excluding steroid dienone is 1. The number of hydrogen-bond donors (Lipinski definition) is 1. The molecule has 0 aliphatic heterocycles. The molecule has 0 aromatic carbocycles. The van der Waals surface area contributed by atoms with E-state index in [1.165, 1.54) is 0 Å². The first-order valence-corrected chi connectivity index (χ1v) is 3.62. The first-order valence-electron chi connectivity index (χ1n) is 3.25. The van der Waals surface area contributed by atoms with Crippen LogP contribution >= 0.6 is 11.6 Å². The van der Waals surface area contributed by atoms with Gasteiger partial charge in [-0.3, -0.25) is 4.79 Å².